The summed E-state index contributed by atoms with van der Waals surface area (Å²) < 4.78 is 35.2. The standard InChI is InChI=1S/C14H16N2O4S/c1-19-12-3-5-13(6-4-12)20-14-9-11(7-8-15-14)10-16-21(2,17)18/h3-9,16H,10H2,1-2H3. The lowest BCUT2D eigenvalue weighted by atomic mass is 10.3. The van der Waals surface area contributed by atoms with Crippen LogP contribution in [0.2, 0.25) is 0 Å². The van der Waals surface area contributed by atoms with Crippen molar-refractivity contribution in [1.29, 1.82) is 0 Å². The van der Waals surface area contributed by atoms with Crippen LogP contribution >= 0.6 is 0 Å². The number of ether oxygens (including phenoxy) is 2. The molecule has 0 spiro atoms. The summed E-state index contributed by atoms with van der Waals surface area (Å²) in [7, 11) is -1.63. The first-order chi connectivity index (χ1) is 9.96. The maximum Gasteiger partial charge on any atom is 0.219 e. The molecule has 1 aromatic heterocycles. The number of nitrogens with one attached hydrogen (secondary N) is 1. The number of pyridine rings is 1. The van der Waals surface area contributed by atoms with E-state index in [0.29, 0.717) is 11.6 Å². The summed E-state index contributed by atoms with van der Waals surface area (Å²) in [6.45, 7) is 0.195. The molecule has 0 unspecified atom stereocenters. The molecule has 112 valence electrons. The Morgan fingerprint density at radius 3 is 2.43 bits per heavy atom. The van der Waals surface area contributed by atoms with Gasteiger partial charge in [0.05, 0.1) is 13.4 Å². The molecule has 0 aliphatic heterocycles. The van der Waals surface area contributed by atoms with Crippen molar-refractivity contribution in [2.75, 3.05) is 13.4 Å². The van der Waals surface area contributed by atoms with Crippen molar-refractivity contribution in [3.05, 3.63) is 48.2 Å². The predicted molar refractivity (Wildman–Crippen MR) is 79.0 cm³/mol. The number of benzene rings is 1. The van der Waals surface area contributed by atoms with Crippen molar-refractivity contribution in [2.24, 2.45) is 0 Å². The van der Waals surface area contributed by atoms with Gasteiger partial charge in [0.15, 0.2) is 0 Å². The number of rotatable bonds is 6. The van der Waals surface area contributed by atoms with Gasteiger partial charge in [-0.15, -0.1) is 0 Å². The molecule has 0 saturated carbocycles. The minimum absolute atomic E-state index is 0.195. The third-order valence-electron chi connectivity index (χ3n) is 2.62. The van der Waals surface area contributed by atoms with Gasteiger partial charge in [-0.1, -0.05) is 0 Å². The van der Waals surface area contributed by atoms with Crippen molar-refractivity contribution in [1.82, 2.24) is 9.71 Å². The second kappa shape index (κ2) is 6.55. The van der Waals surface area contributed by atoms with Crippen LogP contribution in [-0.2, 0) is 16.6 Å². The third kappa shape index (κ3) is 5.05. The molecular weight excluding hydrogens is 292 g/mol. The van der Waals surface area contributed by atoms with Gasteiger partial charge in [-0.25, -0.2) is 18.1 Å². The number of hydrogen-bond acceptors (Lipinski definition) is 5. The van der Waals surface area contributed by atoms with Crippen molar-refractivity contribution in [3.63, 3.8) is 0 Å². The summed E-state index contributed by atoms with van der Waals surface area (Å²) in [6, 6.07) is 10.5. The highest BCUT2D eigenvalue weighted by molar-refractivity contribution is 7.88. The van der Waals surface area contributed by atoms with Gasteiger partial charge < -0.3 is 9.47 Å². The lowest BCUT2D eigenvalue weighted by Crippen LogP contribution is -2.21. The van der Waals surface area contributed by atoms with E-state index < -0.39 is 10.0 Å². The molecule has 1 N–H and O–H groups in total. The molecule has 1 aromatic carbocycles. The highest BCUT2D eigenvalue weighted by atomic mass is 32.2. The van der Waals surface area contributed by atoms with Crippen molar-refractivity contribution in [3.8, 4) is 17.4 Å². The third-order valence-corrected chi connectivity index (χ3v) is 3.29. The smallest absolute Gasteiger partial charge is 0.219 e. The van der Waals surface area contributed by atoms with E-state index in [2.05, 4.69) is 9.71 Å². The highest BCUT2D eigenvalue weighted by Crippen LogP contribution is 2.22. The van der Waals surface area contributed by atoms with Gasteiger partial charge in [0.25, 0.3) is 0 Å². The molecule has 0 atom stereocenters. The molecule has 2 rings (SSSR count). The Morgan fingerprint density at radius 1 is 1.14 bits per heavy atom. The van der Waals surface area contributed by atoms with Crippen molar-refractivity contribution in [2.45, 2.75) is 6.54 Å². The number of methoxy groups -OCH3 is 1. The zero-order valence-electron chi connectivity index (χ0n) is 11.7. The zero-order chi connectivity index (χ0) is 15.3. The van der Waals surface area contributed by atoms with Gasteiger partial charge in [-0.05, 0) is 35.9 Å². The Kier molecular flexibility index (Phi) is 4.77. The van der Waals surface area contributed by atoms with Crippen LogP contribution in [0.1, 0.15) is 5.56 Å². The fourth-order valence-electron chi connectivity index (χ4n) is 1.60. The molecule has 1 heterocycles. The Hall–Kier alpha value is -2.12. The Labute approximate surface area is 123 Å². The molecule has 6 nitrogen and oxygen atoms in total. The van der Waals surface area contributed by atoms with Crippen LogP contribution in [0.25, 0.3) is 0 Å². The van der Waals surface area contributed by atoms with E-state index in [0.717, 1.165) is 17.6 Å². The Balaban J connectivity index is 2.06. The first-order valence-electron chi connectivity index (χ1n) is 6.18. The van der Waals surface area contributed by atoms with Crippen LogP contribution in [0.15, 0.2) is 42.6 Å². The molecule has 0 bridgehead atoms. The zero-order valence-corrected chi connectivity index (χ0v) is 12.6. The molecule has 0 aliphatic rings. The average Bonchev–Trinajstić information content (AvgIpc) is 2.46. The van der Waals surface area contributed by atoms with E-state index in [4.69, 9.17) is 9.47 Å². The number of hydrogen-bond donors (Lipinski definition) is 1. The minimum atomic E-state index is -3.23. The number of nitrogens with zero attached hydrogens (tertiary/aromatic N) is 1. The molecular formula is C14H16N2O4S. The molecule has 0 radical (unpaired) electrons. The summed E-state index contributed by atoms with van der Waals surface area (Å²) >= 11 is 0. The highest BCUT2D eigenvalue weighted by Gasteiger charge is 2.04. The first-order valence-corrected chi connectivity index (χ1v) is 8.07. The van der Waals surface area contributed by atoms with Gasteiger partial charge >= 0.3 is 0 Å². The number of aromatic nitrogens is 1. The van der Waals surface area contributed by atoms with E-state index >= 15 is 0 Å². The van der Waals surface area contributed by atoms with Crippen LogP contribution < -0.4 is 14.2 Å². The van der Waals surface area contributed by atoms with Gasteiger partial charge in [0, 0.05) is 18.8 Å². The van der Waals surface area contributed by atoms with Crippen LogP contribution in [0, 0.1) is 0 Å². The monoisotopic (exact) mass is 308 g/mol. The fraction of sp³-hybridized carbons (Fsp3) is 0.214. The van der Waals surface area contributed by atoms with Gasteiger partial charge in [-0.3, -0.25) is 0 Å². The quantitative estimate of drug-likeness (QED) is 0.882. The van der Waals surface area contributed by atoms with Crippen LogP contribution in [0.5, 0.6) is 17.4 Å². The van der Waals surface area contributed by atoms with Gasteiger partial charge in [-0.2, -0.15) is 0 Å². The van der Waals surface area contributed by atoms with Crippen LogP contribution in [-0.4, -0.2) is 26.8 Å². The fourth-order valence-corrected chi connectivity index (χ4v) is 2.02. The average molecular weight is 308 g/mol. The normalized spacial score (nSPS) is 11.1. The molecule has 7 heteroatoms. The lowest BCUT2D eigenvalue weighted by molar-refractivity contribution is 0.412. The molecule has 0 aliphatic carbocycles. The van der Waals surface area contributed by atoms with Crippen molar-refractivity contribution >= 4 is 10.0 Å². The summed E-state index contributed by atoms with van der Waals surface area (Å²) in [6.07, 6.45) is 2.68. The second-order valence-corrected chi connectivity index (χ2v) is 6.21. The maximum absolute atomic E-state index is 11.1. The second-order valence-electron chi connectivity index (χ2n) is 4.37. The van der Waals surface area contributed by atoms with E-state index in [1.807, 2.05) is 0 Å². The lowest BCUT2D eigenvalue weighted by Gasteiger charge is -2.07. The molecule has 21 heavy (non-hydrogen) atoms. The minimum Gasteiger partial charge on any atom is -0.497 e. The van der Waals surface area contributed by atoms with E-state index in [9.17, 15) is 8.42 Å². The molecule has 2 aromatic rings. The molecule has 0 saturated heterocycles. The van der Waals surface area contributed by atoms with Crippen LogP contribution in [0.3, 0.4) is 0 Å². The Bertz CT molecular complexity index is 699. The van der Waals surface area contributed by atoms with Gasteiger partial charge in [0.2, 0.25) is 15.9 Å². The summed E-state index contributed by atoms with van der Waals surface area (Å²) in [5.74, 6) is 1.76. The predicted octanol–water partition coefficient (Wildman–Crippen LogP) is 1.93. The molecule has 0 amide bonds. The van der Waals surface area contributed by atoms with Gasteiger partial charge in [0.1, 0.15) is 11.5 Å². The number of sulfonamides is 1. The van der Waals surface area contributed by atoms with Crippen molar-refractivity contribution < 1.29 is 17.9 Å². The summed E-state index contributed by atoms with van der Waals surface area (Å²) in [5.41, 5.74) is 0.763. The SMILES string of the molecule is COc1ccc(Oc2cc(CNS(C)(=O)=O)ccn2)cc1. The largest absolute Gasteiger partial charge is 0.497 e. The summed E-state index contributed by atoms with van der Waals surface area (Å²) in [4.78, 5) is 4.09. The molecule has 0 fully saturated rings. The maximum atomic E-state index is 11.1. The topological polar surface area (TPSA) is 77.5 Å². The Morgan fingerprint density at radius 2 is 1.81 bits per heavy atom. The summed E-state index contributed by atoms with van der Waals surface area (Å²) in [5, 5.41) is 0. The van der Waals surface area contributed by atoms with Crippen LogP contribution in [0.4, 0.5) is 0 Å². The van der Waals surface area contributed by atoms with E-state index in [1.165, 1.54) is 0 Å². The van der Waals surface area contributed by atoms with E-state index in [1.54, 1.807) is 49.7 Å². The first kappa shape index (κ1) is 15.3. The van der Waals surface area contributed by atoms with E-state index in [-0.39, 0.29) is 6.54 Å².